The molecule has 0 atom stereocenters. The highest BCUT2D eigenvalue weighted by molar-refractivity contribution is 6.44. The lowest BCUT2D eigenvalue weighted by atomic mass is 10.1. The van der Waals surface area contributed by atoms with Crippen molar-refractivity contribution >= 4 is 34.8 Å². The minimum absolute atomic E-state index is 0.271. The van der Waals surface area contributed by atoms with Gasteiger partial charge in [0, 0.05) is 17.7 Å². The number of benzene rings is 2. The van der Waals surface area contributed by atoms with Crippen molar-refractivity contribution in [3.05, 3.63) is 57.6 Å². The molecule has 0 spiro atoms. The third-order valence-electron chi connectivity index (χ3n) is 3.72. The van der Waals surface area contributed by atoms with Crippen molar-refractivity contribution in [2.45, 2.75) is 33.3 Å². The van der Waals surface area contributed by atoms with Gasteiger partial charge in [-0.25, -0.2) is 0 Å². The number of anilines is 1. The fourth-order valence-electron chi connectivity index (χ4n) is 2.35. The van der Waals surface area contributed by atoms with Crippen LogP contribution in [0, 0.1) is 0 Å². The zero-order valence-electron chi connectivity index (χ0n) is 15.0. The Morgan fingerprint density at radius 1 is 1.15 bits per heavy atom. The van der Waals surface area contributed by atoms with Gasteiger partial charge in [0.15, 0.2) is 0 Å². The van der Waals surface area contributed by atoms with Crippen molar-refractivity contribution in [2.75, 3.05) is 18.5 Å². The molecule has 0 fully saturated rings. The van der Waals surface area contributed by atoms with Crippen LogP contribution in [0.1, 0.15) is 42.6 Å². The molecule has 4 nitrogen and oxygen atoms in total. The van der Waals surface area contributed by atoms with E-state index in [2.05, 4.69) is 12.2 Å². The van der Waals surface area contributed by atoms with Gasteiger partial charge >= 0.3 is 0 Å². The average Bonchev–Trinajstić information content (AvgIpc) is 2.64. The summed E-state index contributed by atoms with van der Waals surface area (Å²) in [5.41, 5.74) is 1.81. The first-order valence-corrected chi connectivity index (χ1v) is 9.41. The second-order valence-corrected chi connectivity index (χ2v) is 6.50. The van der Waals surface area contributed by atoms with Gasteiger partial charge in [0.2, 0.25) is 0 Å². The molecule has 0 unspecified atom stereocenters. The molecule has 2 rings (SSSR count). The zero-order valence-corrected chi connectivity index (χ0v) is 16.5. The first-order valence-electron chi connectivity index (χ1n) is 8.65. The van der Waals surface area contributed by atoms with E-state index in [9.17, 15) is 4.79 Å². The number of carbonyl (C=O) groups is 1. The maximum atomic E-state index is 12.6. The maximum absolute atomic E-state index is 12.6. The highest BCUT2D eigenvalue weighted by Crippen LogP contribution is 2.30. The number of unbranched alkanes of at least 4 members (excludes halogenated alkanes) is 1. The predicted molar refractivity (Wildman–Crippen MR) is 107 cm³/mol. The third-order valence-corrected chi connectivity index (χ3v) is 4.54. The second-order valence-electron chi connectivity index (χ2n) is 5.72. The average molecular weight is 396 g/mol. The molecule has 0 aliphatic rings. The summed E-state index contributed by atoms with van der Waals surface area (Å²) in [4.78, 5) is 12.6. The Labute approximate surface area is 164 Å². The normalized spacial score (nSPS) is 10.6. The van der Waals surface area contributed by atoms with E-state index in [1.54, 1.807) is 36.4 Å². The van der Waals surface area contributed by atoms with Gasteiger partial charge < -0.3 is 14.8 Å². The minimum Gasteiger partial charge on any atom is -0.494 e. The van der Waals surface area contributed by atoms with Gasteiger partial charge in [-0.3, -0.25) is 4.79 Å². The van der Waals surface area contributed by atoms with Crippen molar-refractivity contribution in [3.8, 4) is 5.75 Å². The SMILES string of the molecule is CCCCOCc1cc(C(=O)Nc2cccc(Cl)c2Cl)ccc1OCC. The van der Waals surface area contributed by atoms with E-state index >= 15 is 0 Å². The molecule has 140 valence electrons. The van der Waals surface area contributed by atoms with E-state index < -0.39 is 0 Å². The maximum Gasteiger partial charge on any atom is 0.255 e. The number of carbonyl (C=O) groups excluding carboxylic acids is 1. The number of nitrogens with one attached hydrogen (secondary N) is 1. The molecule has 2 aromatic carbocycles. The second kappa shape index (κ2) is 10.4. The molecule has 0 aliphatic carbocycles. The van der Waals surface area contributed by atoms with Crippen LogP contribution in [0.2, 0.25) is 10.0 Å². The molecule has 0 radical (unpaired) electrons. The smallest absolute Gasteiger partial charge is 0.255 e. The van der Waals surface area contributed by atoms with E-state index in [4.69, 9.17) is 32.7 Å². The molecule has 1 N–H and O–H groups in total. The van der Waals surface area contributed by atoms with Crippen LogP contribution in [0.5, 0.6) is 5.75 Å². The molecule has 0 saturated heterocycles. The van der Waals surface area contributed by atoms with Gasteiger partial charge in [-0.1, -0.05) is 42.6 Å². The lowest BCUT2D eigenvalue weighted by molar-refractivity contribution is 0.102. The lowest BCUT2D eigenvalue weighted by Gasteiger charge is -2.13. The van der Waals surface area contributed by atoms with Crippen LogP contribution in [-0.4, -0.2) is 19.1 Å². The van der Waals surface area contributed by atoms with Gasteiger partial charge in [0.1, 0.15) is 5.75 Å². The number of hydrogen-bond donors (Lipinski definition) is 1. The highest BCUT2D eigenvalue weighted by atomic mass is 35.5. The Kier molecular flexibility index (Phi) is 8.23. The summed E-state index contributed by atoms with van der Waals surface area (Å²) in [5, 5.41) is 3.49. The summed E-state index contributed by atoms with van der Waals surface area (Å²) in [7, 11) is 0. The van der Waals surface area contributed by atoms with Gasteiger partial charge in [-0.15, -0.1) is 0 Å². The topological polar surface area (TPSA) is 47.6 Å². The van der Waals surface area contributed by atoms with Crippen molar-refractivity contribution < 1.29 is 14.3 Å². The standard InChI is InChI=1S/C20H23Cl2NO3/c1-3-5-11-25-13-15-12-14(9-10-18(15)26-4-2)20(24)23-17-8-6-7-16(21)19(17)22/h6-10,12H,3-5,11,13H2,1-2H3,(H,23,24). The van der Waals surface area contributed by atoms with Crippen molar-refractivity contribution in [1.29, 1.82) is 0 Å². The van der Waals surface area contributed by atoms with Crippen molar-refractivity contribution in [3.63, 3.8) is 0 Å². The van der Waals surface area contributed by atoms with E-state index in [1.165, 1.54) is 0 Å². The molecular weight excluding hydrogens is 373 g/mol. The summed E-state index contributed by atoms with van der Waals surface area (Å²) in [6, 6.07) is 10.4. The predicted octanol–water partition coefficient (Wildman–Crippen LogP) is 5.96. The van der Waals surface area contributed by atoms with Gasteiger partial charge in [0.05, 0.1) is 28.9 Å². The molecule has 6 heteroatoms. The molecule has 0 heterocycles. The Hall–Kier alpha value is -1.75. The summed E-state index contributed by atoms with van der Waals surface area (Å²) >= 11 is 12.1. The number of hydrogen-bond acceptors (Lipinski definition) is 3. The molecule has 26 heavy (non-hydrogen) atoms. The Balaban J connectivity index is 2.16. The Morgan fingerprint density at radius 3 is 2.69 bits per heavy atom. The summed E-state index contributed by atoms with van der Waals surface area (Å²) < 4.78 is 11.3. The largest absolute Gasteiger partial charge is 0.494 e. The summed E-state index contributed by atoms with van der Waals surface area (Å²) in [6.45, 7) is 5.65. The van der Waals surface area contributed by atoms with Crippen LogP contribution >= 0.6 is 23.2 Å². The molecule has 0 bridgehead atoms. The lowest BCUT2D eigenvalue weighted by Crippen LogP contribution is -2.13. The van der Waals surface area contributed by atoms with E-state index in [0.29, 0.717) is 41.1 Å². The van der Waals surface area contributed by atoms with Crippen LogP contribution in [0.4, 0.5) is 5.69 Å². The number of amides is 1. The van der Waals surface area contributed by atoms with Crippen LogP contribution in [0.25, 0.3) is 0 Å². The van der Waals surface area contributed by atoms with Crippen LogP contribution in [-0.2, 0) is 11.3 Å². The zero-order chi connectivity index (χ0) is 18.9. The van der Waals surface area contributed by atoms with Crippen LogP contribution in [0.15, 0.2) is 36.4 Å². The van der Waals surface area contributed by atoms with Gasteiger partial charge in [0.25, 0.3) is 5.91 Å². The van der Waals surface area contributed by atoms with Gasteiger partial charge in [-0.05, 0) is 43.7 Å². The summed E-state index contributed by atoms with van der Waals surface area (Å²) in [5.74, 6) is 0.452. The van der Waals surface area contributed by atoms with E-state index in [0.717, 1.165) is 24.2 Å². The van der Waals surface area contributed by atoms with E-state index in [-0.39, 0.29) is 5.91 Å². The molecule has 0 aliphatic heterocycles. The molecule has 0 saturated carbocycles. The third kappa shape index (κ3) is 5.63. The molecule has 0 aromatic heterocycles. The Bertz CT molecular complexity index is 750. The fourth-order valence-corrected chi connectivity index (χ4v) is 2.70. The molecule has 2 aromatic rings. The molecular formula is C20H23Cl2NO3. The first-order chi connectivity index (χ1) is 12.6. The van der Waals surface area contributed by atoms with Gasteiger partial charge in [-0.2, -0.15) is 0 Å². The fraction of sp³-hybridized carbons (Fsp3) is 0.350. The van der Waals surface area contributed by atoms with Crippen molar-refractivity contribution in [1.82, 2.24) is 0 Å². The quantitative estimate of drug-likeness (QED) is 0.532. The number of ether oxygens (including phenoxy) is 2. The Morgan fingerprint density at radius 2 is 1.96 bits per heavy atom. The number of halogens is 2. The highest BCUT2D eigenvalue weighted by Gasteiger charge is 2.13. The van der Waals surface area contributed by atoms with Crippen molar-refractivity contribution in [2.24, 2.45) is 0 Å². The van der Waals surface area contributed by atoms with E-state index in [1.807, 2.05) is 6.92 Å². The molecule has 1 amide bonds. The first kappa shape index (κ1) is 20.6. The summed E-state index contributed by atoms with van der Waals surface area (Å²) in [6.07, 6.45) is 2.07. The van der Waals surface area contributed by atoms with Crippen LogP contribution < -0.4 is 10.1 Å². The minimum atomic E-state index is -0.271. The monoisotopic (exact) mass is 395 g/mol. The van der Waals surface area contributed by atoms with Crippen LogP contribution in [0.3, 0.4) is 0 Å². The number of rotatable bonds is 9.